The van der Waals surface area contributed by atoms with Crippen molar-refractivity contribution in [2.24, 2.45) is 0 Å². The lowest BCUT2D eigenvalue weighted by atomic mass is 10.2. The number of hydrogen-bond acceptors (Lipinski definition) is 6. The van der Waals surface area contributed by atoms with Crippen molar-refractivity contribution in [3.05, 3.63) is 57.5 Å². The van der Waals surface area contributed by atoms with Crippen LogP contribution in [0.1, 0.15) is 34.7 Å². The number of aryl methyl sites for hydroxylation is 1. The molecule has 0 bridgehead atoms. The third-order valence-electron chi connectivity index (χ3n) is 3.47. The Morgan fingerprint density at radius 3 is 2.73 bits per heavy atom. The molecule has 0 aliphatic heterocycles. The molecule has 0 saturated heterocycles. The van der Waals surface area contributed by atoms with Crippen molar-refractivity contribution in [3.63, 3.8) is 0 Å². The molecule has 1 heterocycles. The van der Waals surface area contributed by atoms with Crippen LogP contribution < -0.4 is 10.1 Å². The number of nitro groups is 1. The van der Waals surface area contributed by atoms with Crippen molar-refractivity contribution in [2.75, 3.05) is 6.54 Å². The highest BCUT2D eigenvalue weighted by Crippen LogP contribution is 2.24. The van der Waals surface area contributed by atoms with Crippen molar-refractivity contribution < 1.29 is 23.7 Å². The van der Waals surface area contributed by atoms with Crippen molar-refractivity contribution in [3.8, 4) is 5.75 Å². The van der Waals surface area contributed by atoms with E-state index >= 15 is 0 Å². The topological polar surface area (TPSA) is 112 Å². The number of halogens is 1. The minimum atomic E-state index is -0.459. The molecule has 9 heteroatoms. The number of nitrogens with one attached hydrogen (secondary N) is 1. The van der Waals surface area contributed by atoms with Gasteiger partial charge in [0, 0.05) is 24.6 Å². The van der Waals surface area contributed by atoms with E-state index in [4.69, 9.17) is 20.8 Å². The number of nitro benzene ring substituents is 1. The highest BCUT2D eigenvalue weighted by Gasteiger charge is 2.13. The molecule has 8 nitrogen and oxygen atoms in total. The lowest BCUT2D eigenvalue weighted by molar-refractivity contribution is -0.385. The van der Waals surface area contributed by atoms with Gasteiger partial charge >= 0.3 is 0 Å². The van der Waals surface area contributed by atoms with Gasteiger partial charge in [-0.2, -0.15) is 0 Å². The molecule has 138 valence electrons. The standard InChI is InChI=1S/C17H17ClN2O6/c1-11-9-12(4-6-14(11)20(23)24)25-10-13-5-7-15(26-13)17(22)19-8-2-3-16(18)21/h4-7,9H,2-3,8,10H2,1H3,(H,19,22). The lowest BCUT2D eigenvalue weighted by Gasteiger charge is -2.05. The van der Waals surface area contributed by atoms with Crippen LogP contribution in [-0.2, 0) is 11.4 Å². The maximum Gasteiger partial charge on any atom is 0.286 e. The van der Waals surface area contributed by atoms with Crippen LogP contribution >= 0.6 is 11.6 Å². The summed E-state index contributed by atoms with van der Waals surface area (Å²) in [7, 11) is 0. The highest BCUT2D eigenvalue weighted by molar-refractivity contribution is 6.63. The molecule has 0 fully saturated rings. The van der Waals surface area contributed by atoms with Crippen molar-refractivity contribution >= 4 is 28.4 Å². The first-order valence-electron chi connectivity index (χ1n) is 7.80. The van der Waals surface area contributed by atoms with Crippen molar-refractivity contribution in [1.82, 2.24) is 5.32 Å². The maximum absolute atomic E-state index is 11.9. The van der Waals surface area contributed by atoms with E-state index in [0.29, 0.717) is 30.0 Å². The molecule has 0 atom stereocenters. The van der Waals surface area contributed by atoms with E-state index in [-0.39, 0.29) is 24.5 Å². The van der Waals surface area contributed by atoms with E-state index < -0.39 is 16.1 Å². The molecule has 1 N–H and O–H groups in total. The fourth-order valence-corrected chi connectivity index (χ4v) is 2.30. The number of benzene rings is 1. The van der Waals surface area contributed by atoms with Gasteiger partial charge in [0.25, 0.3) is 11.6 Å². The summed E-state index contributed by atoms with van der Waals surface area (Å²) < 4.78 is 10.9. The number of amides is 1. The van der Waals surface area contributed by atoms with Crippen LogP contribution in [0, 0.1) is 17.0 Å². The number of rotatable bonds is 9. The summed E-state index contributed by atoms with van der Waals surface area (Å²) >= 11 is 5.22. The fraction of sp³-hybridized carbons (Fsp3) is 0.294. The molecular weight excluding hydrogens is 364 g/mol. The van der Waals surface area contributed by atoms with E-state index in [9.17, 15) is 19.7 Å². The Kier molecular flexibility index (Phi) is 6.74. The first-order valence-corrected chi connectivity index (χ1v) is 8.17. The average molecular weight is 381 g/mol. The minimum absolute atomic E-state index is 0.0187. The molecule has 0 radical (unpaired) electrons. The van der Waals surface area contributed by atoms with E-state index in [1.54, 1.807) is 19.1 Å². The monoisotopic (exact) mass is 380 g/mol. The lowest BCUT2D eigenvalue weighted by Crippen LogP contribution is -2.24. The summed E-state index contributed by atoms with van der Waals surface area (Å²) in [6, 6.07) is 7.56. The summed E-state index contributed by atoms with van der Waals surface area (Å²) in [5.74, 6) is 0.619. The van der Waals surface area contributed by atoms with Gasteiger partial charge in [0.05, 0.1) is 4.92 Å². The molecule has 1 aromatic heterocycles. The molecule has 1 aromatic carbocycles. The second-order valence-electron chi connectivity index (χ2n) is 5.47. The second kappa shape index (κ2) is 9.00. The zero-order chi connectivity index (χ0) is 19.1. The predicted molar refractivity (Wildman–Crippen MR) is 93.3 cm³/mol. The second-order valence-corrected chi connectivity index (χ2v) is 5.90. The molecular formula is C17H17ClN2O6. The minimum Gasteiger partial charge on any atom is -0.486 e. The number of ether oxygens (including phenoxy) is 1. The van der Waals surface area contributed by atoms with Gasteiger partial charge in [0.1, 0.15) is 18.1 Å². The van der Waals surface area contributed by atoms with Crippen LogP contribution in [0.4, 0.5) is 5.69 Å². The first-order chi connectivity index (χ1) is 12.4. The summed E-state index contributed by atoms with van der Waals surface area (Å²) in [5, 5.41) is 13.0. The van der Waals surface area contributed by atoms with Gasteiger partial charge in [-0.05, 0) is 49.2 Å². The number of nitrogens with zero attached hydrogens (tertiary/aromatic N) is 1. The molecule has 26 heavy (non-hydrogen) atoms. The van der Waals surface area contributed by atoms with E-state index in [1.807, 2.05) is 0 Å². The number of hydrogen-bond donors (Lipinski definition) is 1. The van der Waals surface area contributed by atoms with E-state index in [2.05, 4.69) is 5.32 Å². The van der Waals surface area contributed by atoms with Crippen LogP contribution in [0.5, 0.6) is 5.75 Å². The van der Waals surface area contributed by atoms with Gasteiger partial charge < -0.3 is 14.5 Å². The van der Waals surface area contributed by atoms with Gasteiger partial charge in [-0.1, -0.05) is 0 Å². The Labute approximate surface area is 154 Å². The van der Waals surface area contributed by atoms with E-state index in [1.165, 1.54) is 18.2 Å². The number of carbonyl (C=O) groups excluding carboxylic acids is 2. The van der Waals surface area contributed by atoms with Gasteiger partial charge in [-0.3, -0.25) is 19.7 Å². The summed E-state index contributed by atoms with van der Waals surface area (Å²) in [6.45, 7) is 2.01. The number of furan rings is 1. The molecule has 2 rings (SSSR count). The van der Waals surface area contributed by atoms with Gasteiger partial charge in [0.15, 0.2) is 5.76 Å². The Morgan fingerprint density at radius 1 is 1.31 bits per heavy atom. The Morgan fingerprint density at radius 2 is 2.08 bits per heavy atom. The maximum atomic E-state index is 11.9. The van der Waals surface area contributed by atoms with Crippen LogP contribution in [0.15, 0.2) is 34.7 Å². The molecule has 0 saturated carbocycles. The van der Waals surface area contributed by atoms with Gasteiger partial charge in [-0.25, -0.2) is 0 Å². The Hall–Kier alpha value is -2.87. The largest absolute Gasteiger partial charge is 0.486 e. The third kappa shape index (κ3) is 5.59. The zero-order valence-electron chi connectivity index (χ0n) is 14.0. The molecule has 0 spiro atoms. The van der Waals surface area contributed by atoms with Crippen LogP contribution in [-0.4, -0.2) is 22.6 Å². The Balaban J connectivity index is 1.86. The summed E-state index contributed by atoms with van der Waals surface area (Å²) in [4.78, 5) is 32.8. The van der Waals surface area contributed by atoms with E-state index in [0.717, 1.165) is 0 Å². The molecule has 0 unspecified atom stereocenters. The van der Waals surface area contributed by atoms with Crippen molar-refractivity contribution in [1.29, 1.82) is 0 Å². The summed E-state index contributed by atoms with van der Waals surface area (Å²) in [5.41, 5.74) is 0.507. The number of carbonyl (C=O) groups is 2. The normalized spacial score (nSPS) is 10.4. The average Bonchev–Trinajstić information content (AvgIpc) is 3.05. The molecule has 2 aromatic rings. The van der Waals surface area contributed by atoms with Crippen LogP contribution in [0.3, 0.4) is 0 Å². The smallest absolute Gasteiger partial charge is 0.286 e. The first kappa shape index (κ1) is 19.5. The molecule has 1 amide bonds. The van der Waals surface area contributed by atoms with Crippen molar-refractivity contribution in [2.45, 2.75) is 26.4 Å². The summed E-state index contributed by atoms with van der Waals surface area (Å²) in [6.07, 6.45) is 0.637. The Bertz CT molecular complexity index is 817. The zero-order valence-corrected chi connectivity index (χ0v) is 14.7. The molecule has 0 aliphatic rings. The predicted octanol–water partition coefficient (Wildman–Crippen LogP) is 3.35. The van der Waals surface area contributed by atoms with Crippen LogP contribution in [0.25, 0.3) is 0 Å². The molecule has 0 aliphatic carbocycles. The van der Waals surface area contributed by atoms with Crippen LogP contribution in [0.2, 0.25) is 0 Å². The fourth-order valence-electron chi connectivity index (χ4n) is 2.17. The van der Waals surface area contributed by atoms with Gasteiger partial charge in [-0.15, -0.1) is 0 Å². The highest BCUT2D eigenvalue weighted by atomic mass is 35.5. The quantitative estimate of drug-likeness (QED) is 0.309. The SMILES string of the molecule is Cc1cc(OCc2ccc(C(=O)NCCCC(=O)Cl)o2)ccc1[N+](=O)[O-]. The third-order valence-corrected chi connectivity index (χ3v) is 3.66. The van der Waals surface area contributed by atoms with Gasteiger partial charge in [0.2, 0.25) is 5.24 Å².